The molecule has 2 bridgehead atoms. The maximum absolute atomic E-state index is 11.5. The molecule has 23 heavy (non-hydrogen) atoms. The van der Waals surface area contributed by atoms with Crippen LogP contribution >= 0.6 is 0 Å². The summed E-state index contributed by atoms with van der Waals surface area (Å²) in [6, 6.07) is 1.84. The number of hydrogen-bond donors (Lipinski definition) is 1. The van der Waals surface area contributed by atoms with Crippen molar-refractivity contribution in [2.75, 3.05) is 13.1 Å². The fraction of sp³-hybridized carbons (Fsp3) is 0.722. The highest BCUT2D eigenvalue weighted by Gasteiger charge is 2.52. The third-order valence-electron chi connectivity index (χ3n) is 5.66. The van der Waals surface area contributed by atoms with Gasteiger partial charge in [0.2, 0.25) is 0 Å². The zero-order chi connectivity index (χ0) is 16.4. The van der Waals surface area contributed by atoms with Crippen molar-refractivity contribution in [3.05, 3.63) is 23.2 Å². The largest absolute Gasteiger partial charge is 0.455 e. The molecule has 4 rings (SSSR count). The molecule has 0 aliphatic carbocycles. The Morgan fingerprint density at radius 1 is 1.26 bits per heavy atom. The molecule has 0 spiro atoms. The normalized spacial score (nSPS) is 33.3. The highest BCUT2D eigenvalue weighted by atomic mass is 16.5. The number of rotatable bonds is 3. The van der Waals surface area contributed by atoms with Crippen LogP contribution in [0.25, 0.3) is 0 Å². The molecule has 126 valence electrons. The fourth-order valence-corrected chi connectivity index (χ4v) is 4.72. The zero-order valence-corrected chi connectivity index (χ0v) is 14.2. The van der Waals surface area contributed by atoms with Gasteiger partial charge in [-0.3, -0.25) is 9.69 Å². The van der Waals surface area contributed by atoms with Gasteiger partial charge in [0.15, 0.2) is 5.76 Å². The van der Waals surface area contributed by atoms with Crippen molar-refractivity contribution in [2.45, 2.75) is 57.8 Å². The Hall–Kier alpha value is -1.33. The van der Waals surface area contributed by atoms with Crippen LogP contribution in [-0.2, 0) is 16.7 Å². The number of carbonyl (C=O) groups is 1. The molecule has 0 aromatic carbocycles. The first-order valence-electron chi connectivity index (χ1n) is 8.64. The topological polar surface area (TPSA) is 68.7 Å². The van der Waals surface area contributed by atoms with Crippen molar-refractivity contribution < 1.29 is 13.9 Å². The number of primary amides is 1. The van der Waals surface area contributed by atoms with E-state index in [1.54, 1.807) is 0 Å². The SMILES string of the molecule is CC(C)(C)c1oc(C(N)=O)cc1CN1C[C@@H]2[C@H](C1)[C@H]1CC[C@@H]2O1. The molecular weight excluding hydrogens is 292 g/mol. The molecule has 2 N–H and O–H groups in total. The quantitative estimate of drug-likeness (QED) is 0.928. The van der Waals surface area contributed by atoms with Crippen LogP contribution in [0.15, 0.2) is 10.5 Å². The van der Waals surface area contributed by atoms with Crippen LogP contribution in [0.2, 0.25) is 0 Å². The molecule has 5 nitrogen and oxygen atoms in total. The Labute approximate surface area is 137 Å². The molecule has 3 aliphatic rings. The lowest BCUT2D eigenvalue weighted by Gasteiger charge is -2.22. The summed E-state index contributed by atoms with van der Waals surface area (Å²) in [4.78, 5) is 14.0. The molecule has 1 aromatic heterocycles. The number of likely N-dealkylation sites (tertiary alicyclic amines) is 1. The number of nitrogens with zero attached hydrogens (tertiary/aromatic N) is 1. The molecular formula is C18H26N2O3. The molecule has 0 saturated carbocycles. The van der Waals surface area contributed by atoms with E-state index in [0.717, 1.165) is 31.0 Å². The van der Waals surface area contributed by atoms with Crippen LogP contribution in [0.1, 0.15) is 55.5 Å². The summed E-state index contributed by atoms with van der Waals surface area (Å²) >= 11 is 0. The van der Waals surface area contributed by atoms with E-state index in [-0.39, 0.29) is 11.2 Å². The summed E-state index contributed by atoms with van der Waals surface area (Å²) in [5, 5.41) is 0. The van der Waals surface area contributed by atoms with E-state index in [0.29, 0.717) is 24.0 Å². The summed E-state index contributed by atoms with van der Waals surface area (Å²) < 4.78 is 11.8. The van der Waals surface area contributed by atoms with E-state index in [1.807, 2.05) is 6.07 Å². The molecule has 1 amide bonds. The molecule has 0 radical (unpaired) electrons. The van der Waals surface area contributed by atoms with E-state index in [4.69, 9.17) is 14.9 Å². The summed E-state index contributed by atoms with van der Waals surface area (Å²) in [7, 11) is 0. The summed E-state index contributed by atoms with van der Waals surface area (Å²) in [5.74, 6) is 2.03. The highest BCUT2D eigenvalue weighted by molar-refractivity contribution is 5.90. The smallest absolute Gasteiger partial charge is 0.284 e. The van der Waals surface area contributed by atoms with Crippen LogP contribution in [0.3, 0.4) is 0 Å². The van der Waals surface area contributed by atoms with Crippen molar-refractivity contribution in [3.8, 4) is 0 Å². The maximum atomic E-state index is 11.5. The van der Waals surface area contributed by atoms with E-state index >= 15 is 0 Å². The maximum Gasteiger partial charge on any atom is 0.284 e. The van der Waals surface area contributed by atoms with Crippen LogP contribution in [0.5, 0.6) is 0 Å². The van der Waals surface area contributed by atoms with Crippen LogP contribution < -0.4 is 5.73 Å². The van der Waals surface area contributed by atoms with Gasteiger partial charge in [-0.2, -0.15) is 0 Å². The minimum Gasteiger partial charge on any atom is -0.455 e. The van der Waals surface area contributed by atoms with Crippen molar-refractivity contribution in [3.63, 3.8) is 0 Å². The van der Waals surface area contributed by atoms with Gasteiger partial charge in [-0.15, -0.1) is 0 Å². The van der Waals surface area contributed by atoms with Crippen molar-refractivity contribution in [1.82, 2.24) is 4.90 Å². The second kappa shape index (κ2) is 5.08. The van der Waals surface area contributed by atoms with Crippen LogP contribution in [0.4, 0.5) is 0 Å². The third kappa shape index (κ3) is 2.50. The molecule has 0 unspecified atom stereocenters. The molecule has 1 aromatic rings. The first-order chi connectivity index (χ1) is 10.8. The molecule has 5 heteroatoms. The lowest BCUT2D eigenvalue weighted by molar-refractivity contribution is 0.0696. The number of ether oxygens (including phenoxy) is 1. The minimum atomic E-state index is -0.494. The minimum absolute atomic E-state index is 0.138. The monoisotopic (exact) mass is 318 g/mol. The predicted molar refractivity (Wildman–Crippen MR) is 86.1 cm³/mol. The van der Waals surface area contributed by atoms with Gasteiger partial charge in [0.1, 0.15) is 5.76 Å². The van der Waals surface area contributed by atoms with Crippen molar-refractivity contribution >= 4 is 5.91 Å². The van der Waals surface area contributed by atoms with Gasteiger partial charge in [-0.05, 0) is 18.9 Å². The second-order valence-corrected chi connectivity index (χ2v) is 8.39. The fourth-order valence-electron chi connectivity index (χ4n) is 4.72. The lowest BCUT2D eigenvalue weighted by atomic mass is 9.82. The van der Waals surface area contributed by atoms with Gasteiger partial charge in [0, 0.05) is 42.4 Å². The molecule has 3 fully saturated rings. The van der Waals surface area contributed by atoms with Gasteiger partial charge < -0.3 is 14.9 Å². The standard InChI is InChI=1S/C18H26N2O3/c1-18(2,3)16-10(6-15(23-16)17(19)21)7-20-8-11-12(9-20)14-5-4-13(11)22-14/h6,11-14H,4-5,7-9H2,1-3H3,(H2,19,21)/t11-,12+,13+,14-. The average Bonchev–Trinajstić information content (AvgIpc) is 3.18. The van der Waals surface area contributed by atoms with E-state index in [9.17, 15) is 4.79 Å². The van der Waals surface area contributed by atoms with E-state index in [2.05, 4.69) is 25.7 Å². The number of amides is 1. The van der Waals surface area contributed by atoms with Gasteiger partial charge in [0.05, 0.1) is 12.2 Å². The van der Waals surface area contributed by atoms with Gasteiger partial charge in [-0.25, -0.2) is 0 Å². The molecule has 3 aliphatic heterocycles. The highest BCUT2D eigenvalue weighted by Crippen LogP contribution is 2.47. The van der Waals surface area contributed by atoms with Gasteiger partial charge in [0.25, 0.3) is 5.91 Å². The van der Waals surface area contributed by atoms with Crippen LogP contribution in [0, 0.1) is 11.8 Å². The average molecular weight is 318 g/mol. The zero-order valence-electron chi connectivity index (χ0n) is 14.2. The predicted octanol–water partition coefficient (Wildman–Crippen LogP) is 2.29. The Morgan fingerprint density at radius 2 is 1.87 bits per heavy atom. The first-order valence-corrected chi connectivity index (χ1v) is 8.64. The Kier molecular flexibility index (Phi) is 3.36. The molecule has 3 saturated heterocycles. The third-order valence-corrected chi connectivity index (χ3v) is 5.66. The number of carbonyl (C=O) groups excluding carboxylic acids is 1. The number of nitrogens with two attached hydrogens (primary N) is 1. The Morgan fingerprint density at radius 3 is 2.39 bits per heavy atom. The molecule has 4 atom stereocenters. The number of fused-ring (bicyclic) bond motifs is 5. The van der Waals surface area contributed by atoms with E-state index < -0.39 is 5.91 Å². The summed E-state index contributed by atoms with van der Waals surface area (Å²) in [5.41, 5.74) is 6.36. The Bertz CT molecular complexity index is 613. The molecule has 4 heterocycles. The van der Waals surface area contributed by atoms with Crippen molar-refractivity contribution in [2.24, 2.45) is 17.6 Å². The number of furan rings is 1. The number of hydrogen-bond acceptors (Lipinski definition) is 4. The lowest BCUT2D eigenvalue weighted by Crippen LogP contribution is -2.25. The first kappa shape index (κ1) is 15.2. The van der Waals surface area contributed by atoms with E-state index in [1.165, 1.54) is 12.8 Å². The summed E-state index contributed by atoms with van der Waals surface area (Å²) in [6.45, 7) is 9.32. The Balaban J connectivity index is 1.54. The van der Waals surface area contributed by atoms with Gasteiger partial charge >= 0.3 is 0 Å². The van der Waals surface area contributed by atoms with Crippen molar-refractivity contribution in [1.29, 1.82) is 0 Å². The second-order valence-electron chi connectivity index (χ2n) is 8.39. The van der Waals surface area contributed by atoms with Gasteiger partial charge in [-0.1, -0.05) is 20.8 Å². The van der Waals surface area contributed by atoms with Crippen LogP contribution in [-0.4, -0.2) is 36.1 Å². The summed E-state index contributed by atoms with van der Waals surface area (Å²) in [6.07, 6.45) is 3.40.